The quantitative estimate of drug-likeness (QED) is 0.455. The van der Waals surface area contributed by atoms with Crippen LogP contribution in [-0.2, 0) is 14.3 Å². The molecule has 1 aromatic carbocycles. The second-order valence-corrected chi connectivity index (χ2v) is 9.92. The van der Waals surface area contributed by atoms with E-state index in [2.05, 4.69) is 5.32 Å². The lowest BCUT2D eigenvalue weighted by Crippen LogP contribution is -2.47. The molecular weight excluding hydrogens is 452 g/mol. The van der Waals surface area contributed by atoms with E-state index in [1.165, 1.54) is 35.1 Å². The molecule has 0 spiro atoms. The number of benzene rings is 1. The van der Waals surface area contributed by atoms with E-state index in [0.29, 0.717) is 34.2 Å². The molecule has 1 aliphatic heterocycles. The summed E-state index contributed by atoms with van der Waals surface area (Å²) >= 11 is 2.75. The molecule has 1 atom stereocenters. The van der Waals surface area contributed by atoms with Gasteiger partial charge in [0, 0.05) is 16.7 Å². The van der Waals surface area contributed by atoms with Crippen LogP contribution in [0.25, 0.3) is 11.1 Å². The van der Waals surface area contributed by atoms with Crippen LogP contribution in [0.15, 0.2) is 23.6 Å². The third-order valence-electron chi connectivity index (χ3n) is 5.17. The highest BCUT2D eigenvalue weighted by atomic mass is 32.2. The first-order valence-electron chi connectivity index (χ1n) is 9.96. The van der Waals surface area contributed by atoms with Crippen LogP contribution in [-0.4, -0.2) is 60.7 Å². The summed E-state index contributed by atoms with van der Waals surface area (Å²) in [6.07, 6.45) is 0.694. The Balaban J connectivity index is 1.98. The van der Waals surface area contributed by atoms with Gasteiger partial charge in [-0.1, -0.05) is 6.07 Å². The van der Waals surface area contributed by atoms with Crippen molar-refractivity contribution < 1.29 is 28.6 Å². The average molecular weight is 479 g/mol. The first-order chi connectivity index (χ1) is 15.3. The molecule has 1 aromatic heterocycles. The molecule has 8 nitrogen and oxygen atoms in total. The summed E-state index contributed by atoms with van der Waals surface area (Å²) in [6.45, 7) is 5.70. The molecule has 3 rings (SSSR count). The van der Waals surface area contributed by atoms with Gasteiger partial charge in [-0.25, -0.2) is 4.79 Å². The number of hydrogen-bond donors (Lipinski definition) is 1. The Morgan fingerprint density at radius 1 is 1.25 bits per heavy atom. The summed E-state index contributed by atoms with van der Waals surface area (Å²) in [4.78, 5) is 38.5. The molecule has 10 heteroatoms. The molecular formula is C22H26N2O6S2. The van der Waals surface area contributed by atoms with Crippen LogP contribution in [0.3, 0.4) is 0 Å². The van der Waals surface area contributed by atoms with E-state index >= 15 is 0 Å². The van der Waals surface area contributed by atoms with Crippen LogP contribution in [0.2, 0.25) is 0 Å². The van der Waals surface area contributed by atoms with Crippen molar-refractivity contribution in [1.29, 1.82) is 0 Å². The fraction of sp³-hybridized carbons (Fsp3) is 0.409. The normalized spacial score (nSPS) is 17.0. The Morgan fingerprint density at radius 2 is 1.97 bits per heavy atom. The number of nitrogens with one attached hydrogen (secondary N) is 1. The smallest absolute Gasteiger partial charge is 0.341 e. The highest BCUT2D eigenvalue weighted by Gasteiger charge is 2.43. The van der Waals surface area contributed by atoms with E-state index < -0.39 is 16.9 Å². The lowest BCUT2D eigenvalue weighted by Gasteiger charge is -2.30. The van der Waals surface area contributed by atoms with Gasteiger partial charge in [-0.05, 0) is 38.5 Å². The number of amides is 2. The predicted molar refractivity (Wildman–Crippen MR) is 126 cm³/mol. The van der Waals surface area contributed by atoms with Crippen molar-refractivity contribution in [2.45, 2.75) is 31.7 Å². The Morgan fingerprint density at radius 3 is 2.59 bits per heavy atom. The number of thiophene rings is 1. The highest BCUT2D eigenvalue weighted by molar-refractivity contribution is 8.00. The van der Waals surface area contributed by atoms with Crippen molar-refractivity contribution in [3.63, 3.8) is 0 Å². The molecule has 32 heavy (non-hydrogen) atoms. The zero-order valence-corrected chi connectivity index (χ0v) is 20.2. The van der Waals surface area contributed by atoms with E-state index in [-0.39, 0.29) is 18.1 Å². The number of carbonyl (C=O) groups is 3. The minimum absolute atomic E-state index is 0.194. The van der Waals surface area contributed by atoms with Gasteiger partial charge in [-0.15, -0.1) is 23.1 Å². The third-order valence-corrected chi connectivity index (χ3v) is 7.47. The van der Waals surface area contributed by atoms with E-state index in [0.717, 1.165) is 5.56 Å². The molecule has 2 amide bonds. The molecule has 2 heterocycles. The Bertz CT molecular complexity index is 1020. The molecule has 0 saturated carbocycles. The first-order valence-corrected chi connectivity index (χ1v) is 11.8. The number of methoxy groups -OCH3 is 2. The van der Waals surface area contributed by atoms with Gasteiger partial charge in [0.2, 0.25) is 12.3 Å². The monoisotopic (exact) mass is 478 g/mol. The summed E-state index contributed by atoms with van der Waals surface area (Å²) < 4.78 is 15.9. The molecule has 172 valence electrons. The van der Waals surface area contributed by atoms with Crippen LogP contribution < -0.4 is 14.8 Å². The fourth-order valence-corrected chi connectivity index (χ4v) is 5.64. The Hall–Kier alpha value is -2.72. The lowest BCUT2D eigenvalue weighted by molar-refractivity contribution is -0.130. The molecule has 1 N–H and O–H groups in total. The predicted octanol–water partition coefficient (Wildman–Crippen LogP) is 3.86. The first kappa shape index (κ1) is 23.9. The number of carbonyl (C=O) groups excluding carboxylic acids is 3. The van der Waals surface area contributed by atoms with Crippen molar-refractivity contribution in [2.75, 3.05) is 31.9 Å². The average Bonchev–Trinajstić information content (AvgIpc) is 3.32. The maximum absolute atomic E-state index is 13.0. The van der Waals surface area contributed by atoms with E-state index in [4.69, 9.17) is 14.2 Å². The molecule has 0 bridgehead atoms. The lowest BCUT2D eigenvalue weighted by atomic mass is 10.0. The van der Waals surface area contributed by atoms with E-state index in [1.54, 1.807) is 31.5 Å². The largest absolute Gasteiger partial charge is 0.493 e. The van der Waals surface area contributed by atoms with Crippen molar-refractivity contribution in [3.05, 3.63) is 29.1 Å². The van der Waals surface area contributed by atoms with Gasteiger partial charge in [0.25, 0.3) is 0 Å². The van der Waals surface area contributed by atoms with Crippen molar-refractivity contribution in [3.8, 4) is 22.6 Å². The number of esters is 1. The van der Waals surface area contributed by atoms with Gasteiger partial charge in [0.05, 0.1) is 25.7 Å². The van der Waals surface area contributed by atoms with Crippen LogP contribution in [0.5, 0.6) is 11.5 Å². The van der Waals surface area contributed by atoms with Crippen LogP contribution >= 0.6 is 23.1 Å². The summed E-state index contributed by atoms with van der Waals surface area (Å²) in [7, 11) is 3.08. The number of thioether (sulfide) groups is 1. The maximum atomic E-state index is 13.0. The molecule has 1 aliphatic rings. The Kier molecular flexibility index (Phi) is 7.35. The topological polar surface area (TPSA) is 94.2 Å². The van der Waals surface area contributed by atoms with Gasteiger partial charge >= 0.3 is 5.97 Å². The third kappa shape index (κ3) is 4.56. The molecule has 2 aromatic rings. The minimum Gasteiger partial charge on any atom is -0.493 e. The molecule has 1 saturated heterocycles. The highest BCUT2D eigenvalue weighted by Crippen LogP contribution is 2.41. The second kappa shape index (κ2) is 9.83. The molecule has 0 radical (unpaired) electrons. The Labute approximate surface area is 195 Å². The van der Waals surface area contributed by atoms with Crippen LogP contribution in [0, 0.1) is 0 Å². The summed E-state index contributed by atoms with van der Waals surface area (Å²) in [5.74, 6) is 0.667. The summed E-state index contributed by atoms with van der Waals surface area (Å²) in [5, 5.41) is 5.00. The van der Waals surface area contributed by atoms with Crippen molar-refractivity contribution in [2.24, 2.45) is 0 Å². The summed E-state index contributed by atoms with van der Waals surface area (Å²) in [5.41, 5.74) is 1.59. The van der Waals surface area contributed by atoms with Gasteiger partial charge in [-0.3, -0.25) is 9.59 Å². The zero-order valence-electron chi connectivity index (χ0n) is 18.6. The number of ether oxygens (including phenoxy) is 3. The zero-order chi connectivity index (χ0) is 23.5. The number of nitrogens with zero attached hydrogens (tertiary/aromatic N) is 1. The second-order valence-electron chi connectivity index (χ2n) is 7.42. The number of rotatable bonds is 8. The molecule has 1 fully saturated rings. The molecule has 0 aliphatic carbocycles. The van der Waals surface area contributed by atoms with Gasteiger partial charge in [0.15, 0.2) is 11.5 Å². The fourth-order valence-electron chi connectivity index (χ4n) is 3.48. The van der Waals surface area contributed by atoms with Crippen LogP contribution in [0.1, 0.15) is 31.1 Å². The van der Waals surface area contributed by atoms with Crippen molar-refractivity contribution >= 4 is 46.4 Å². The maximum Gasteiger partial charge on any atom is 0.341 e. The standard InChI is InChI=1S/C22H26N2O6S2/c1-6-30-21(27)18-14(13-7-8-16(28-4)17(9-13)29-5)10-31-20(18)23-19(26)15-11-32-22(2,3)24(15)12-25/h7-10,12,15H,6,11H2,1-5H3,(H,23,26). The molecule has 1 unspecified atom stereocenters. The summed E-state index contributed by atoms with van der Waals surface area (Å²) in [6, 6.07) is 4.69. The van der Waals surface area contributed by atoms with E-state index in [1.807, 2.05) is 19.9 Å². The SMILES string of the molecule is CCOC(=O)c1c(-c2ccc(OC)c(OC)c2)csc1NC(=O)C1CSC(C)(C)N1C=O. The number of anilines is 1. The van der Waals surface area contributed by atoms with Crippen LogP contribution in [0.4, 0.5) is 5.00 Å². The van der Waals surface area contributed by atoms with Gasteiger partial charge < -0.3 is 24.4 Å². The van der Waals surface area contributed by atoms with Gasteiger partial charge in [-0.2, -0.15) is 0 Å². The minimum atomic E-state index is -0.630. The van der Waals surface area contributed by atoms with Crippen molar-refractivity contribution in [1.82, 2.24) is 4.90 Å². The van der Waals surface area contributed by atoms with Gasteiger partial charge in [0.1, 0.15) is 16.6 Å². The van der Waals surface area contributed by atoms with E-state index in [9.17, 15) is 14.4 Å². The number of hydrogen-bond acceptors (Lipinski definition) is 8.